The molecule has 0 amide bonds. The van der Waals surface area contributed by atoms with Gasteiger partial charge in [-0.1, -0.05) is 11.6 Å². The largest absolute Gasteiger partial charge is 0.408 e. The fourth-order valence-electron chi connectivity index (χ4n) is 2.26. The normalized spacial score (nSPS) is 18.5. The molecule has 9 heteroatoms. The van der Waals surface area contributed by atoms with Crippen molar-refractivity contribution in [2.45, 2.75) is 38.0 Å². The zero-order chi connectivity index (χ0) is 15.7. The molecule has 2 heterocycles. The highest BCUT2D eigenvalue weighted by atomic mass is 35.5. The Bertz CT molecular complexity index is 567. The molecule has 0 aliphatic carbocycles. The smallest absolute Gasteiger partial charge is 0.377 e. The molecule has 1 aliphatic heterocycles. The van der Waals surface area contributed by atoms with Crippen LogP contribution in [0.15, 0.2) is 11.0 Å². The first kappa shape index (κ1) is 16.1. The molecule has 21 heavy (non-hydrogen) atoms. The summed E-state index contributed by atoms with van der Waals surface area (Å²) in [7, 11) is 0. The van der Waals surface area contributed by atoms with Gasteiger partial charge in [-0.2, -0.15) is 18.3 Å². The summed E-state index contributed by atoms with van der Waals surface area (Å²) in [6.45, 7) is 2.16. The van der Waals surface area contributed by atoms with E-state index in [9.17, 15) is 18.0 Å². The molecule has 1 saturated heterocycles. The van der Waals surface area contributed by atoms with Gasteiger partial charge in [-0.15, -0.1) is 0 Å². The summed E-state index contributed by atoms with van der Waals surface area (Å²) in [5.74, 6) is 0. The molecular weight excluding hydrogens is 309 g/mol. The molecule has 118 valence electrons. The number of nitrogens with zero attached hydrogens (tertiary/aromatic N) is 2. The highest BCUT2D eigenvalue weighted by Gasteiger charge is 2.31. The molecule has 2 rings (SSSR count). The highest BCUT2D eigenvalue weighted by molar-refractivity contribution is 6.32. The number of nitrogens with one attached hydrogen (secondary N) is 2. The molecule has 1 aliphatic rings. The number of alkyl halides is 3. The molecule has 0 unspecified atom stereocenters. The van der Waals surface area contributed by atoms with Crippen molar-refractivity contribution in [1.29, 1.82) is 0 Å². The Hall–Kier alpha value is -1.28. The van der Waals surface area contributed by atoms with Crippen LogP contribution in [0.5, 0.6) is 0 Å². The molecule has 0 bridgehead atoms. The van der Waals surface area contributed by atoms with Gasteiger partial charge in [-0.05, 0) is 32.9 Å². The number of aromatic nitrogens is 2. The van der Waals surface area contributed by atoms with Crippen molar-refractivity contribution in [2.75, 3.05) is 18.4 Å². The molecule has 1 aromatic heterocycles. The number of rotatable bonds is 3. The molecular formula is C12H16ClF3N4O. The van der Waals surface area contributed by atoms with Crippen LogP contribution in [0, 0.1) is 0 Å². The van der Waals surface area contributed by atoms with Crippen LogP contribution in [0.25, 0.3) is 0 Å². The van der Waals surface area contributed by atoms with Gasteiger partial charge in [-0.3, -0.25) is 4.79 Å². The molecule has 1 fully saturated rings. The summed E-state index contributed by atoms with van der Waals surface area (Å²) in [5, 5.41) is 9.61. The van der Waals surface area contributed by atoms with E-state index in [-0.39, 0.29) is 16.2 Å². The summed E-state index contributed by atoms with van der Waals surface area (Å²) in [4.78, 5) is 11.8. The van der Waals surface area contributed by atoms with Gasteiger partial charge in [0.15, 0.2) is 0 Å². The number of hydrogen-bond donors (Lipinski definition) is 2. The summed E-state index contributed by atoms with van der Waals surface area (Å²) < 4.78 is 37.3. The zero-order valence-corrected chi connectivity index (χ0v) is 12.2. The topological polar surface area (TPSA) is 59.0 Å². The molecule has 1 aromatic rings. The van der Waals surface area contributed by atoms with E-state index in [4.69, 9.17) is 11.6 Å². The number of halogens is 4. The van der Waals surface area contributed by atoms with E-state index in [1.54, 1.807) is 0 Å². The van der Waals surface area contributed by atoms with E-state index in [1.165, 1.54) is 6.20 Å². The number of piperidine rings is 1. The average Bonchev–Trinajstić information content (AvgIpc) is 2.38. The van der Waals surface area contributed by atoms with E-state index in [0.717, 1.165) is 25.9 Å². The molecule has 0 spiro atoms. The summed E-state index contributed by atoms with van der Waals surface area (Å²) in [6, 6.07) is 0. The fraction of sp³-hybridized carbons (Fsp3) is 0.667. The minimum Gasteiger partial charge on any atom is -0.377 e. The lowest BCUT2D eigenvalue weighted by molar-refractivity contribution is -0.143. The molecule has 0 atom stereocenters. The maximum Gasteiger partial charge on any atom is 0.408 e. The monoisotopic (exact) mass is 324 g/mol. The fourth-order valence-corrected chi connectivity index (χ4v) is 2.46. The molecule has 2 N–H and O–H groups in total. The number of hydrogen-bond acceptors (Lipinski definition) is 4. The Labute approximate surface area is 124 Å². The first-order valence-corrected chi connectivity index (χ1v) is 6.89. The van der Waals surface area contributed by atoms with Gasteiger partial charge < -0.3 is 10.6 Å². The van der Waals surface area contributed by atoms with Crippen molar-refractivity contribution < 1.29 is 13.2 Å². The Morgan fingerprint density at radius 1 is 1.48 bits per heavy atom. The highest BCUT2D eigenvalue weighted by Crippen LogP contribution is 2.26. The Balaban J connectivity index is 2.22. The second-order valence-corrected chi connectivity index (χ2v) is 5.76. The van der Waals surface area contributed by atoms with Crippen molar-refractivity contribution in [3.05, 3.63) is 21.6 Å². The minimum absolute atomic E-state index is 0.265. The summed E-state index contributed by atoms with van der Waals surface area (Å²) >= 11 is 5.89. The standard InChI is InChI=1S/C12H16ClF3N4O/c1-11(2-4-17-5-3-11)19-8-6-18-20(7-12(14,15)16)10(21)9(8)13/h6,17,19H,2-5,7H2,1H3. The van der Waals surface area contributed by atoms with Crippen LogP contribution in [0.4, 0.5) is 18.9 Å². The van der Waals surface area contributed by atoms with Gasteiger partial charge in [0.05, 0.1) is 11.9 Å². The van der Waals surface area contributed by atoms with E-state index in [0.29, 0.717) is 4.68 Å². The van der Waals surface area contributed by atoms with E-state index < -0.39 is 18.3 Å². The van der Waals surface area contributed by atoms with Crippen LogP contribution in [0.3, 0.4) is 0 Å². The van der Waals surface area contributed by atoms with Crippen LogP contribution >= 0.6 is 11.6 Å². The predicted octanol–water partition coefficient (Wildman–Crippen LogP) is 2.01. The zero-order valence-electron chi connectivity index (χ0n) is 11.4. The van der Waals surface area contributed by atoms with E-state index in [2.05, 4.69) is 15.7 Å². The van der Waals surface area contributed by atoms with Gasteiger partial charge in [0.1, 0.15) is 11.6 Å². The van der Waals surface area contributed by atoms with E-state index in [1.807, 2.05) is 6.92 Å². The third-order valence-electron chi connectivity index (χ3n) is 3.46. The quantitative estimate of drug-likeness (QED) is 0.893. The van der Waals surface area contributed by atoms with Crippen molar-refractivity contribution in [3.8, 4) is 0 Å². The third-order valence-corrected chi connectivity index (χ3v) is 3.82. The summed E-state index contributed by atoms with van der Waals surface area (Å²) in [5.41, 5.74) is -0.944. The second kappa shape index (κ2) is 5.84. The Morgan fingerprint density at radius 3 is 2.67 bits per heavy atom. The van der Waals surface area contributed by atoms with Crippen molar-refractivity contribution in [3.63, 3.8) is 0 Å². The Morgan fingerprint density at radius 2 is 2.10 bits per heavy atom. The van der Waals surface area contributed by atoms with Crippen LogP contribution < -0.4 is 16.2 Å². The van der Waals surface area contributed by atoms with Gasteiger partial charge in [0.2, 0.25) is 0 Å². The number of anilines is 1. The SMILES string of the molecule is CC1(Nc2cnn(CC(F)(F)F)c(=O)c2Cl)CCNCC1. The van der Waals surface area contributed by atoms with Crippen molar-refractivity contribution in [1.82, 2.24) is 15.1 Å². The first-order valence-electron chi connectivity index (χ1n) is 6.51. The minimum atomic E-state index is -4.52. The third kappa shape index (κ3) is 4.10. The van der Waals surface area contributed by atoms with Crippen molar-refractivity contribution in [2.24, 2.45) is 0 Å². The lowest BCUT2D eigenvalue weighted by Gasteiger charge is -2.36. The van der Waals surface area contributed by atoms with Crippen LogP contribution in [-0.2, 0) is 6.54 Å². The van der Waals surface area contributed by atoms with Gasteiger partial charge in [0, 0.05) is 5.54 Å². The van der Waals surface area contributed by atoms with Gasteiger partial charge >= 0.3 is 6.18 Å². The Kier molecular flexibility index (Phi) is 4.48. The van der Waals surface area contributed by atoms with Gasteiger partial charge in [0.25, 0.3) is 5.56 Å². The molecule has 5 nitrogen and oxygen atoms in total. The maximum absolute atomic E-state index is 12.3. The second-order valence-electron chi connectivity index (χ2n) is 5.39. The lowest BCUT2D eigenvalue weighted by Crippen LogP contribution is -2.45. The van der Waals surface area contributed by atoms with E-state index >= 15 is 0 Å². The van der Waals surface area contributed by atoms with Crippen LogP contribution in [-0.4, -0.2) is 34.6 Å². The van der Waals surface area contributed by atoms with Gasteiger partial charge in [-0.25, -0.2) is 4.68 Å². The maximum atomic E-state index is 12.3. The molecule has 0 radical (unpaired) electrons. The first-order chi connectivity index (χ1) is 9.70. The van der Waals surface area contributed by atoms with Crippen LogP contribution in [0.2, 0.25) is 5.02 Å². The molecule has 0 saturated carbocycles. The summed E-state index contributed by atoms with van der Waals surface area (Å²) in [6.07, 6.45) is -1.72. The predicted molar refractivity (Wildman–Crippen MR) is 73.7 cm³/mol. The van der Waals surface area contributed by atoms with Crippen molar-refractivity contribution >= 4 is 17.3 Å². The van der Waals surface area contributed by atoms with Crippen LogP contribution in [0.1, 0.15) is 19.8 Å². The lowest BCUT2D eigenvalue weighted by atomic mass is 9.90. The molecule has 0 aromatic carbocycles. The average molecular weight is 325 g/mol.